The number of ketones is 2. The first kappa shape index (κ1) is 58.3. The lowest BCUT2D eigenvalue weighted by atomic mass is 9.90. The number of nitrogens with two attached hydrogens (primary N) is 1. The van der Waals surface area contributed by atoms with Crippen LogP contribution in [0.25, 0.3) is 33.4 Å². The molecule has 2 atom stereocenters. The van der Waals surface area contributed by atoms with Crippen molar-refractivity contribution in [2.75, 3.05) is 26.4 Å². The molecular formula is C75H71NO9. The van der Waals surface area contributed by atoms with Crippen LogP contribution >= 0.6 is 0 Å². The van der Waals surface area contributed by atoms with E-state index in [-0.39, 0.29) is 30.8 Å². The predicted octanol–water partition coefficient (Wildman–Crippen LogP) is 15.1. The Labute approximate surface area is 497 Å². The fourth-order valence-electron chi connectivity index (χ4n) is 12.6. The van der Waals surface area contributed by atoms with E-state index >= 15 is 0 Å². The van der Waals surface area contributed by atoms with Crippen molar-refractivity contribution >= 4 is 17.5 Å². The van der Waals surface area contributed by atoms with Crippen LogP contribution in [0.5, 0.6) is 0 Å². The second kappa shape index (κ2) is 28.0. The number of aliphatic hydroxyl groups is 1. The molecule has 0 saturated carbocycles. The highest BCUT2D eigenvalue weighted by Gasteiger charge is 2.31. The van der Waals surface area contributed by atoms with Crippen molar-refractivity contribution in [3.05, 3.63) is 285 Å². The molecule has 2 aliphatic heterocycles. The number of carbonyl (C=O) groups is 3. The van der Waals surface area contributed by atoms with E-state index in [4.69, 9.17) is 30.3 Å². The highest BCUT2D eigenvalue weighted by atomic mass is 16.7. The summed E-state index contributed by atoms with van der Waals surface area (Å²) in [6.45, 7) is 1.15. The molecule has 9 aromatic rings. The van der Waals surface area contributed by atoms with E-state index in [9.17, 15) is 14.4 Å². The number of ether oxygens (including phenoxy) is 3. The van der Waals surface area contributed by atoms with E-state index in [1.165, 1.54) is 84.3 Å². The van der Waals surface area contributed by atoms with Crippen LogP contribution in [0.2, 0.25) is 0 Å². The summed E-state index contributed by atoms with van der Waals surface area (Å²) in [5.74, 6) is 4.79. The molecule has 4 N–H and O–H groups in total. The van der Waals surface area contributed by atoms with Gasteiger partial charge in [0, 0.05) is 48.5 Å². The van der Waals surface area contributed by atoms with E-state index in [1.54, 1.807) is 24.3 Å². The van der Waals surface area contributed by atoms with Gasteiger partial charge in [-0.2, -0.15) is 0 Å². The highest BCUT2D eigenvalue weighted by Crippen LogP contribution is 2.48. The number of carboxylic acids is 1. The zero-order valence-electron chi connectivity index (χ0n) is 47.7. The Bertz CT molecular complexity index is 3590. The van der Waals surface area contributed by atoms with Crippen molar-refractivity contribution in [2.45, 2.75) is 88.1 Å². The molecule has 10 nitrogen and oxygen atoms in total. The van der Waals surface area contributed by atoms with Gasteiger partial charge in [0.15, 0.2) is 24.1 Å². The van der Waals surface area contributed by atoms with E-state index < -0.39 is 12.6 Å². The van der Waals surface area contributed by atoms with Gasteiger partial charge in [-0.05, 0) is 147 Å². The van der Waals surface area contributed by atoms with E-state index in [0.717, 1.165) is 70.1 Å². The quantitative estimate of drug-likeness (QED) is 0.0708. The van der Waals surface area contributed by atoms with Gasteiger partial charge < -0.3 is 24.4 Å². The number of benzene rings is 9. The zero-order chi connectivity index (χ0) is 58.5. The predicted molar refractivity (Wildman–Crippen MR) is 333 cm³/mol. The van der Waals surface area contributed by atoms with Crippen molar-refractivity contribution in [2.24, 2.45) is 5.90 Å². The van der Waals surface area contributed by atoms with Gasteiger partial charge >= 0.3 is 5.97 Å². The maximum atomic E-state index is 12.5. The Balaban J connectivity index is 0.000000125. The normalized spacial score (nSPS) is 16.3. The lowest BCUT2D eigenvalue weighted by Gasteiger charge is -2.22. The van der Waals surface area contributed by atoms with Crippen LogP contribution in [0.4, 0.5) is 0 Å². The summed E-state index contributed by atoms with van der Waals surface area (Å²) in [6, 6.07) is 74.5. The smallest absolute Gasteiger partial charge is 0.335 e. The van der Waals surface area contributed by atoms with Gasteiger partial charge in [-0.25, -0.2) is 10.7 Å². The molecule has 2 fully saturated rings. The molecule has 0 bridgehead atoms. The third-order valence-electron chi connectivity index (χ3n) is 16.9. The van der Waals surface area contributed by atoms with Crippen LogP contribution in [0.3, 0.4) is 0 Å². The molecule has 2 saturated heterocycles. The molecule has 0 amide bonds. The monoisotopic (exact) mass is 1130 g/mol. The lowest BCUT2D eigenvalue weighted by Crippen LogP contribution is -2.25. The first-order valence-corrected chi connectivity index (χ1v) is 29.7. The molecular weight excluding hydrogens is 1060 g/mol. The van der Waals surface area contributed by atoms with Gasteiger partial charge in [-0.15, -0.1) is 0 Å². The number of aliphatic hydroxyl groups excluding tert-OH is 1. The van der Waals surface area contributed by atoms with Crippen LogP contribution in [0.15, 0.2) is 218 Å². The summed E-state index contributed by atoms with van der Waals surface area (Å²) in [6.07, 6.45) is 8.64. The Morgan fingerprint density at radius 3 is 0.988 bits per heavy atom. The minimum Gasteiger partial charge on any atom is -0.478 e. The fourth-order valence-corrected chi connectivity index (χ4v) is 12.6. The number of hydrogen-bond donors (Lipinski definition) is 3. The Morgan fingerprint density at radius 1 is 0.400 bits per heavy atom. The second-order valence-corrected chi connectivity index (χ2v) is 22.2. The van der Waals surface area contributed by atoms with Gasteiger partial charge in [-0.3, -0.25) is 14.4 Å². The van der Waals surface area contributed by atoms with Gasteiger partial charge in [-0.1, -0.05) is 206 Å². The van der Waals surface area contributed by atoms with Crippen molar-refractivity contribution in [1.29, 1.82) is 0 Å². The minimum absolute atomic E-state index is 0.00674. The number of carboxylic acid groups (broad SMARTS) is 1. The molecule has 5 aliphatic rings. The highest BCUT2D eigenvalue weighted by molar-refractivity contribution is 5.97. The number of hydrogen-bond acceptors (Lipinski definition) is 9. The number of Topliss-reactive ketones (excluding diaryl/α,β-unsaturated/α-hetero) is 2. The Kier molecular flexibility index (Phi) is 19.2. The number of fused-ring (bicyclic) bond motifs is 9. The molecule has 430 valence electrons. The number of rotatable bonds is 14. The standard InChI is InChI=1S/C27H26O3.C22H18O2.C21H16O2.C5H11NO2/c28-26(18-30-27-11-5-6-16-29-27)20-14-12-19(13-15-20)17-25-23-9-3-1-7-21(23)22-8-2-4-10-24(22)25;23-14-22(24)16-11-9-15(10-12-16)13-21-19-7-3-1-5-17(19)18-6-2-4-8-20(18)21;22-21(23)15-11-9-14(10-12-15)13-20-18-7-3-1-5-16(18)17-6-2-4-8-19(17)20;6-8-5-3-1-2-4-7-5/h1-4,7-10,12-15,25,27H,5-6,11,16-18H2;1-12,21,23H,13-14H2;1-12,20H,13H2,(H,22,23);5H,1-4,6H2. The summed E-state index contributed by atoms with van der Waals surface area (Å²) in [7, 11) is 0. The molecule has 0 radical (unpaired) electrons. The molecule has 2 unspecified atom stereocenters. The topological polar surface area (TPSA) is 155 Å². The minimum atomic E-state index is -0.881. The third-order valence-corrected chi connectivity index (χ3v) is 16.9. The maximum absolute atomic E-state index is 12.5. The molecule has 3 aliphatic carbocycles. The molecule has 14 rings (SSSR count). The molecule has 10 heteroatoms. The average molecular weight is 1130 g/mol. The number of carbonyl (C=O) groups excluding carboxylic acids is 2. The first-order chi connectivity index (χ1) is 41.7. The Hall–Kier alpha value is -8.45. The van der Waals surface area contributed by atoms with E-state index in [0.29, 0.717) is 34.4 Å². The number of aromatic carboxylic acids is 1. The van der Waals surface area contributed by atoms with E-state index in [2.05, 4.69) is 163 Å². The SMILES string of the molecule is NOC1CCCCO1.O=C(CO)c1ccc(CC2c3ccccc3-c3ccccc32)cc1.O=C(COC1CCCCO1)c1ccc(CC2c3ccccc3-c3ccccc32)cc1.O=C(O)c1ccc(CC2c3ccccc3-c3ccccc32)cc1. The van der Waals surface area contributed by atoms with Crippen LogP contribution in [0.1, 0.15) is 137 Å². The summed E-state index contributed by atoms with van der Waals surface area (Å²) in [5, 5.41) is 18.0. The largest absolute Gasteiger partial charge is 0.478 e. The third kappa shape index (κ3) is 13.7. The maximum Gasteiger partial charge on any atom is 0.335 e. The van der Waals surface area contributed by atoms with Crippen LogP contribution in [-0.2, 0) is 38.3 Å². The zero-order valence-corrected chi connectivity index (χ0v) is 47.7. The van der Waals surface area contributed by atoms with Crippen LogP contribution in [0, 0.1) is 0 Å². The second-order valence-electron chi connectivity index (χ2n) is 22.2. The lowest BCUT2D eigenvalue weighted by molar-refractivity contribution is -0.164. The molecule has 9 aromatic carbocycles. The van der Waals surface area contributed by atoms with Crippen molar-refractivity contribution in [3.63, 3.8) is 0 Å². The van der Waals surface area contributed by atoms with Gasteiger partial charge in [0.25, 0.3) is 0 Å². The summed E-state index contributed by atoms with van der Waals surface area (Å²) < 4.78 is 16.3. The first-order valence-electron chi connectivity index (χ1n) is 29.7. The van der Waals surface area contributed by atoms with E-state index in [1.807, 2.05) is 36.4 Å². The average Bonchev–Trinajstić information content (AvgIpc) is 3.16. The van der Waals surface area contributed by atoms with Gasteiger partial charge in [0.2, 0.25) is 0 Å². The molecule has 0 aromatic heterocycles. The van der Waals surface area contributed by atoms with Gasteiger partial charge in [0.05, 0.1) is 5.56 Å². The van der Waals surface area contributed by atoms with Crippen LogP contribution in [-0.4, -0.2) is 66.8 Å². The summed E-state index contributed by atoms with van der Waals surface area (Å²) >= 11 is 0. The molecule has 2 heterocycles. The van der Waals surface area contributed by atoms with Crippen molar-refractivity contribution < 1.29 is 43.6 Å². The fraction of sp³-hybridized carbons (Fsp3) is 0.240. The Morgan fingerprint density at radius 2 is 0.706 bits per heavy atom. The van der Waals surface area contributed by atoms with Crippen molar-refractivity contribution in [3.8, 4) is 33.4 Å². The van der Waals surface area contributed by atoms with Gasteiger partial charge in [0.1, 0.15) is 13.2 Å². The molecule has 85 heavy (non-hydrogen) atoms. The van der Waals surface area contributed by atoms with Crippen molar-refractivity contribution in [1.82, 2.24) is 0 Å². The molecule has 0 spiro atoms. The van der Waals surface area contributed by atoms with Crippen LogP contribution < -0.4 is 5.90 Å². The summed E-state index contributed by atoms with van der Waals surface area (Å²) in [5.41, 5.74) is 21.4. The summed E-state index contributed by atoms with van der Waals surface area (Å²) in [4.78, 5) is 39.5.